The molecule has 0 fully saturated rings. The molecule has 0 saturated heterocycles. The third-order valence-corrected chi connectivity index (χ3v) is 2.78. The molecular weight excluding hydrogens is 266 g/mol. The summed E-state index contributed by atoms with van der Waals surface area (Å²) in [7, 11) is 0. The van der Waals surface area contributed by atoms with Gasteiger partial charge in [-0.15, -0.1) is 0 Å². The van der Waals surface area contributed by atoms with Crippen molar-refractivity contribution in [2.45, 2.75) is 20.5 Å². The Labute approximate surface area is 114 Å². The second-order valence-corrected chi connectivity index (χ2v) is 4.27. The van der Waals surface area contributed by atoms with Gasteiger partial charge in [-0.05, 0) is 25.5 Å². The molecule has 0 atom stereocenters. The molecule has 0 aliphatic carbocycles. The van der Waals surface area contributed by atoms with Crippen LogP contribution in [0.15, 0.2) is 23.0 Å². The Hall–Kier alpha value is -2.08. The molecule has 0 bridgehead atoms. The zero-order chi connectivity index (χ0) is 14.7. The Bertz CT molecular complexity index is 683. The number of rotatable bonds is 4. The van der Waals surface area contributed by atoms with Gasteiger partial charge in [-0.25, -0.2) is 13.8 Å². The van der Waals surface area contributed by atoms with E-state index in [1.807, 2.05) is 0 Å². The lowest BCUT2D eigenvalue weighted by molar-refractivity contribution is 0.128. The van der Waals surface area contributed by atoms with E-state index in [0.29, 0.717) is 6.61 Å². The number of H-pyrrole nitrogens is 1. The molecule has 20 heavy (non-hydrogen) atoms. The van der Waals surface area contributed by atoms with Crippen molar-refractivity contribution in [2.75, 3.05) is 6.61 Å². The molecule has 0 amide bonds. The van der Waals surface area contributed by atoms with Crippen LogP contribution in [0.5, 0.6) is 0 Å². The third-order valence-electron chi connectivity index (χ3n) is 2.78. The highest BCUT2D eigenvalue weighted by Gasteiger charge is 2.14. The third kappa shape index (κ3) is 2.91. The minimum absolute atomic E-state index is 0.0445. The molecule has 0 radical (unpaired) electrons. The number of aryl methyl sites for hydroxylation is 1. The Kier molecular flexibility index (Phi) is 4.24. The first kappa shape index (κ1) is 14.3. The van der Waals surface area contributed by atoms with Crippen molar-refractivity contribution in [3.05, 3.63) is 51.6 Å². The lowest BCUT2D eigenvalue weighted by atomic mass is 10.1. The molecule has 0 spiro atoms. The first-order valence-electron chi connectivity index (χ1n) is 6.16. The highest BCUT2D eigenvalue weighted by molar-refractivity contribution is 5.60. The van der Waals surface area contributed by atoms with Gasteiger partial charge in [-0.1, -0.05) is 6.07 Å². The highest BCUT2D eigenvalue weighted by Crippen LogP contribution is 2.23. The van der Waals surface area contributed by atoms with Gasteiger partial charge in [-0.2, -0.15) is 0 Å². The summed E-state index contributed by atoms with van der Waals surface area (Å²) >= 11 is 0. The fraction of sp³-hybridized carbons (Fsp3) is 0.286. The van der Waals surface area contributed by atoms with Crippen molar-refractivity contribution in [2.24, 2.45) is 0 Å². The number of benzene rings is 1. The quantitative estimate of drug-likeness (QED) is 0.936. The smallest absolute Gasteiger partial charge is 0.251 e. The Morgan fingerprint density at radius 2 is 2.05 bits per heavy atom. The van der Waals surface area contributed by atoms with Gasteiger partial charge in [-0.3, -0.25) is 4.79 Å². The van der Waals surface area contributed by atoms with Crippen molar-refractivity contribution < 1.29 is 13.5 Å². The van der Waals surface area contributed by atoms with Crippen LogP contribution in [0.25, 0.3) is 11.3 Å². The van der Waals surface area contributed by atoms with Gasteiger partial charge in [0.15, 0.2) is 11.6 Å². The second kappa shape index (κ2) is 5.92. The number of nitrogens with one attached hydrogen (secondary N) is 1. The Morgan fingerprint density at radius 1 is 1.30 bits per heavy atom. The van der Waals surface area contributed by atoms with E-state index in [-0.39, 0.29) is 29.3 Å². The number of halogens is 2. The molecule has 2 aromatic rings. The molecule has 1 N–H and O–H groups in total. The largest absolute Gasteiger partial charge is 0.374 e. The Balaban J connectivity index is 2.50. The molecule has 2 rings (SSSR count). The number of hydrogen-bond acceptors (Lipinski definition) is 3. The molecule has 0 unspecified atom stereocenters. The van der Waals surface area contributed by atoms with Crippen LogP contribution in [0.1, 0.15) is 18.3 Å². The molecule has 6 heteroatoms. The first-order chi connectivity index (χ1) is 9.52. The predicted octanol–water partition coefficient (Wildman–Crippen LogP) is 2.56. The summed E-state index contributed by atoms with van der Waals surface area (Å²) in [6.45, 7) is 3.84. The van der Waals surface area contributed by atoms with Crippen LogP contribution in [0.3, 0.4) is 0 Å². The average Bonchev–Trinajstić information content (AvgIpc) is 2.42. The topological polar surface area (TPSA) is 55.0 Å². The van der Waals surface area contributed by atoms with Crippen LogP contribution in [0.2, 0.25) is 0 Å². The fourth-order valence-electron chi connectivity index (χ4n) is 1.76. The van der Waals surface area contributed by atoms with E-state index in [9.17, 15) is 13.6 Å². The predicted molar refractivity (Wildman–Crippen MR) is 70.3 cm³/mol. The van der Waals surface area contributed by atoms with Crippen LogP contribution in [0, 0.1) is 18.6 Å². The number of aromatic amines is 1. The van der Waals surface area contributed by atoms with Crippen molar-refractivity contribution in [3.63, 3.8) is 0 Å². The van der Waals surface area contributed by atoms with Gasteiger partial charge < -0.3 is 9.72 Å². The van der Waals surface area contributed by atoms with E-state index >= 15 is 0 Å². The molecule has 1 aromatic heterocycles. The van der Waals surface area contributed by atoms with E-state index in [1.165, 1.54) is 19.1 Å². The molecular formula is C14H14F2N2O2. The van der Waals surface area contributed by atoms with Gasteiger partial charge in [0.2, 0.25) is 0 Å². The average molecular weight is 280 g/mol. The molecule has 0 aliphatic rings. The fourth-order valence-corrected chi connectivity index (χ4v) is 1.76. The number of hydrogen-bond donors (Lipinski definition) is 1. The minimum Gasteiger partial charge on any atom is -0.374 e. The summed E-state index contributed by atoms with van der Waals surface area (Å²) in [4.78, 5) is 18.1. The number of aromatic nitrogens is 2. The van der Waals surface area contributed by atoms with Crippen molar-refractivity contribution in [3.8, 4) is 11.3 Å². The minimum atomic E-state index is -1.01. The summed E-state index contributed by atoms with van der Waals surface area (Å²) in [5.41, 5.74) is -0.201. The van der Waals surface area contributed by atoms with Crippen molar-refractivity contribution in [1.29, 1.82) is 0 Å². The van der Waals surface area contributed by atoms with Crippen molar-refractivity contribution in [1.82, 2.24) is 9.97 Å². The Morgan fingerprint density at radius 3 is 2.75 bits per heavy atom. The molecule has 4 nitrogen and oxygen atoms in total. The summed E-state index contributed by atoms with van der Waals surface area (Å²) in [6.07, 6.45) is 0. The van der Waals surface area contributed by atoms with Gasteiger partial charge >= 0.3 is 0 Å². The SMILES string of the molecule is CCOCc1nc(-c2ccc(C)c(F)c2F)cc(=O)[nH]1. The highest BCUT2D eigenvalue weighted by atomic mass is 19.2. The van der Waals surface area contributed by atoms with Gasteiger partial charge in [0.25, 0.3) is 5.56 Å². The standard InChI is InChI=1S/C14H14F2N2O2/c1-3-20-7-11-17-10(6-12(19)18-11)9-5-4-8(2)13(15)14(9)16/h4-6H,3,7H2,1-2H3,(H,17,18,19). The lowest BCUT2D eigenvalue weighted by Gasteiger charge is -2.07. The van der Waals surface area contributed by atoms with Gasteiger partial charge in [0.05, 0.1) is 5.69 Å². The molecule has 1 aromatic carbocycles. The number of ether oxygens (including phenoxy) is 1. The van der Waals surface area contributed by atoms with E-state index < -0.39 is 17.2 Å². The van der Waals surface area contributed by atoms with Crippen molar-refractivity contribution >= 4 is 0 Å². The summed E-state index contributed by atoms with van der Waals surface area (Å²) in [5.74, 6) is -1.67. The van der Waals surface area contributed by atoms with E-state index in [0.717, 1.165) is 6.07 Å². The molecule has 106 valence electrons. The maximum absolute atomic E-state index is 13.9. The maximum atomic E-state index is 13.9. The van der Waals surface area contributed by atoms with Crippen LogP contribution < -0.4 is 5.56 Å². The summed E-state index contributed by atoms with van der Waals surface area (Å²) in [5, 5.41) is 0. The molecule has 1 heterocycles. The van der Waals surface area contributed by atoms with Gasteiger partial charge in [0.1, 0.15) is 12.4 Å². The second-order valence-electron chi connectivity index (χ2n) is 4.27. The van der Waals surface area contributed by atoms with Crippen LogP contribution in [-0.2, 0) is 11.3 Å². The lowest BCUT2D eigenvalue weighted by Crippen LogP contribution is -2.12. The molecule has 0 saturated carbocycles. The summed E-state index contributed by atoms with van der Waals surface area (Å²) in [6, 6.07) is 3.97. The monoisotopic (exact) mass is 280 g/mol. The van der Waals surface area contributed by atoms with E-state index in [1.54, 1.807) is 6.92 Å². The zero-order valence-electron chi connectivity index (χ0n) is 11.2. The van der Waals surface area contributed by atoms with E-state index in [2.05, 4.69) is 9.97 Å². The normalized spacial score (nSPS) is 10.8. The maximum Gasteiger partial charge on any atom is 0.251 e. The zero-order valence-corrected chi connectivity index (χ0v) is 11.2. The van der Waals surface area contributed by atoms with E-state index in [4.69, 9.17) is 4.74 Å². The van der Waals surface area contributed by atoms with Crippen LogP contribution >= 0.6 is 0 Å². The van der Waals surface area contributed by atoms with Crippen LogP contribution in [0.4, 0.5) is 8.78 Å². The van der Waals surface area contributed by atoms with Gasteiger partial charge in [0, 0.05) is 18.2 Å². The molecule has 0 aliphatic heterocycles. The van der Waals surface area contributed by atoms with Crippen LogP contribution in [-0.4, -0.2) is 16.6 Å². The number of nitrogens with zero attached hydrogens (tertiary/aromatic N) is 1. The summed E-state index contributed by atoms with van der Waals surface area (Å²) < 4.78 is 32.6. The first-order valence-corrected chi connectivity index (χ1v) is 6.16.